The van der Waals surface area contributed by atoms with E-state index in [9.17, 15) is 9.59 Å². The van der Waals surface area contributed by atoms with E-state index in [4.69, 9.17) is 9.84 Å². The molecule has 0 spiro atoms. The number of nitrogens with zero attached hydrogens (tertiary/aromatic N) is 1. The Morgan fingerprint density at radius 3 is 2.70 bits per heavy atom. The first-order valence-electron chi connectivity index (χ1n) is 6.33. The number of carboxylic acids is 1. The Hall–Kier alpha value is -2.31. The predicted octanol–water partition coefficient (Wildman–Crippen LogP) is 1.14. The fourth-order valence-corrected chi connectivity index (χ4v) is 1.57. The predicted molar refractivity (Wildman–Crippen MR) is 72.5 cm³/mol. The van der Waals surface area contributed by atoms with Crippen molar-refractivity contribution in [3.05, 3.63) is 23.9 Å². The van der Waals surface area contributed by atoms with Gasteiger partial charge in [0.1, 0.15) is 6.04 Å². The minimum atomic E-state index is -1.03. The number of ether oxygens (including phenoxy) is 1. The van der Waals surface area contributed by atoms with E-state index in [1.807, 2.05) is 6.92 Å². The Morgan fingerprint density at radius 2 is 2.20 bits per heavy atom. The largest absolute Gasteiger partial charge is 0.481 e. The Bertz CT molecular complexity index is 447. The van der Waals surface area contributed by atoms with Gasteiger partial charge >= 0.3 is 12.0 Å². The SMILES string of the molecule is CCC[C@H](NC(=O)NCc1ccc(OC)nc1)C(=O)O. The van der Waals surface area contributed by atoms with Gasteiger partial charge in [-0.15, -0.1) is 0 Å². The normalized spacial score (nSPS) is 11.5. The number of aliphatic carboxylic acids is 1. The highest BCUT2D eigenvalue weighted by molar-refractivity contribution is 5.82. The van der Waals surface area contributed by atoms with Gasteiger partial charge in [0.05, 0.1) is 7.11 Å². The lowest BCUT2D eigenvalue weighted by atomic mass is 10.2. The molecule has 0 fully saturated rings. The van der Waals surface area contributed by atoms with Crippen molar-refractivity contribution in [2.45, 2.75) is 32.4 Å². The summed E-state index contributed by atoms with van der Waals surface area (Å²) in [5.74, 6) is -0.541. The molecule has 1 aromatic heterocycles. The third kappa shape index (κ3) is 5.13. The highest BCUT2D eigenvalue weighted by Crippen LogP contribution is 2.06. The van der Waals surface area contributed by atoms with Gasteiger partial charge in [-0.2, -0.15) is 0 Å². The summed E-state index contributed by atoms with van der Waals surface area (Å²) in [7, 11) is 1.52. The number of aromatic nitrogens is 1. The number of pyridine rings is 1. The molecule has 1 rings (SSSR count). The molecule has 2 amide bonds. The van der Waals surface area contributed by atoms with Crippen LogP contribution in [0.5, 0.6) is 5.88 Å². The van der Waals surface area contributed by atoms with E-state index < -0.39 is 18.0 Å². The van der Waals surface area contributed by atoms with Crippen LogP contribution in [0, 0.1) is 0 Å². The zero-order chi connectivity index (χ0) is 15.0. The Morgan fingerprint density at radius 1 is 1.45 bits per heavy atom. The van der Waals surface area contributed by atoms with Crippen molar-refractivity contribution in [1.82, 2.24) is 15.6 Å². The fourth-order valence-electron chi connectivity index (χ4n) is 1.57. The van der Waals surface area contributed by atoms with Gasteiger partial charge in [-0.05, 0) is 12.0 Å². The second-order valence-electron chi connectivity index (χ2n) is 4.22. The Kier molecular flexibility index (Phi) is 6.28. The summed E-state index contributed by atoms with van der Waals surface area (Å²) >= 11 is 0. The number of carbonyl (C=O) groups excluding carboxylic acids is 1. The highest BCUT2D eigenvalue weighted by atomic mass is 16.5. The van der Waals surface area contributed by atoms with Crippen LogP contribution in [-0.4, -0.2) is 35.2 Å². The molecule has 0 radical (unpaired) electrons. The number of hydrogen-bond acceptors (Lipinski definition) is 4. The molecular formula is C13H19N3O4. The van der Waals surface area contributed by atoms with Crippen LogP contribution in [0.25, 0.3) is 0 Å². The first-order valence-corrected chi connectivity index (χ1v) is 6.33. The smallest absolute Gasteiger partial charge is 0.326 e. The lowest BCUT2D eigenvalue weighted by molar-refractivity contribution is -0.139. The van der Waals surface area contributed by atoms with Gasteiger partial charge < -0.3 is 20.5 Å². The molecule has 7 heteroatoms. The fraction of sp³-hybridized carbons (Fsp3) is 0.462. The number of urea groups is 1. The second kappa shape index (κ2) is 7.98. The summed E-state index contributed by atoms with van der Waals surface area (Å²) in [5, 5.41) is 13.9. The molecule has 0 aliphatic heterocycles. The van der Waals surface area contributed by atoms with Crippen LogP contribution >= 0.6 is 0 Å². The third-order valence-electron chi connectivity index (χ3n) is 2.64. The summed E-state index contributed by atoms with van der Waals surface area (Å²) in [6.45, 7) is 2.12. The highest BCUT2D eigenvalue weighted by Gasteiger charge is 2.18. The first kappa shape index (κ1) is 15.7. The van der Waals surface area contributed by atoms with Crippen molar-refractivity contribution in [1.29, 1.82) is 0 Å². The van der Waals surface area contributed by atoms with Crippen molar-refractivity contribution in [3.63, 3.8) is 0 Å². The molecule has 0 saturated heterocycles. The van der Waals surface area contributed by atoms with E-state index in [0.717, 1.165) is 5.56 Å². The summed E-state index contributed by atoms with van der Waals surface area (Å²) in [4.78, 5) is 26.5. The van der Waals surface area contributed by atoms with Crippen molar-refractivity contribution in [2.75, 3.05) is 7.11 Å². The van der Waals surface area contributed by atoms with Crippen molar-refractivity contribution < 1.29 is 19.4 Å². The first-order chi connectivity index (χ1) is 9.56. The molecule has 7 nitrogen and oxygen atoms in total. The van der Waals surface area contributed by atoms with Crippen molar-refractivity contribution >= 4 is 12.0 Å². The number of nitrogens with one attached hydrogen (secondary N) is 2. The maximum Gasteiger partial charge on any atom is 0.326 e. The van der Waals surface area contributed by atoms with Gasteiger partial charge in [-0.3, -0.25) is 0 Å². The topological polar surface area (TPSA) is 101 Å². The molecule has 0 bridgehead atoms. The third-order valence-corrected chi connectivity index (χ3v) is 2.64. The Labute approximate surface area is 117 Å². The summed E-state index contributed by atoms with van der Waals surface area (Å²) in [6, 6.07) is 2.08. The van der Waals surface area contributed by atoms with E-state index in [2.05, 4.69) is 15.6 Å². The minimum Gasteiger partial charge on any atom is -0.481 e. The van der Waals surface area contributed by atoms with E-state index in [-0.39, 0.29) is 6.54 Å². The van der Waals surface area contributed by atoms with Gasteiger partial charge in [-0.25, -0.2) is 14.6 Å². The van der Waals surface area contributed by atoms with Crippen LogP contribution in [0.3, 0.4) is 0 Å². The molecule has 0 aromatic carbocycles. The van der Waals surface area contributed by atoms with Crippen LogP contribution in [0.4, 0.5) is 4.79 Å². The molecule has 0 unspecified atom stereocenters. The molecule has 0 aliphatic carbocycles. The maximum absolute atomic E-state index is 11.6. The number of carboxylic acid groups (broad SMARTS) is 1. The zero-order valence-corrected chi connectivity index (χ0v) is 11.5. The van der Waals surface area contributed by atoms with Gasteiger partial charge in [0, 0.05) is 18.8 Å². The monoisotopic (exact) mass is 281 g/mol. The quantitative estimate of drug-likeness (QED) is 0.696. The second-order valence-corrected chi connectivity index (χ2v) is 4.22. The van der Waals surface area contributed by atoms with Gasteiger partial charge in [0.2, 0.25) is 5.88 Å². The molecular weight excluding hydrogens is 262 g/mol. The standard InChI is InChI=1S/C13H19N3O4/c1-3-4-10(12(17)18)16-13(19)15-8-9-5-6-11(20-2)14-7-9/h5-7,10H,3-4,8H2,1-2H3,(H,17,18)(H2,15,16,19)/t10-/m0/s1. The molecule has 1 heterocycles. The molecule has 0 aliphatic rings. The lowest BCUT2D eigenvalue weighted by Gasteiger charge is -2.14. The van der Waals surface area contributed by atoms with Gasteiger partial charge in [0.15, 0.2) is 0 Å². The average Bonchev–Trinajstić information content (AvgIpc) is 2.45. The van der Waals surface area contributed by atoms with E-state index in [1.165, 1.54) is 7.11 Å². The zero-order valence-electron chi connectivity index (χ0n) is 11.5. The summed E-state index contributed by atoms with van der Waals surface area (Å²) in [6.07, 6.45) is 2.66. The van der Waals surface area contributed by atoms with Crippen molar-refractivity contribution in [2.24, 2.45) is 0 Å². The number of rotatable bonds is 7. The summed E-state index contributed by atoms with van der Waals surface area (Å²) < 4.78 is 4.92. The Balaban J connectivity index is 2.43. The molecule has 0 saturated carbocycles. The van der Waals surface area contributed by atoms with Crippen LogP contribution in [0.2, 0.25) is 0 Å². The van der Waals surface area contributed by atoms with E-state index in [0.29, 0.717) is 18.7 Å². The van der Waals surface area contributed by atoms with Crippen LogP contribution in [0.1, 0.15) is 25.3 Å². The van der Waals surface area contributed by atoms with Crippen LogP contribution < -0.4 is 15.4 Å². The number of hydrogen-bond donors (Lipinski definition) is 3. The molecule has 110 valence electrons. The van der Waals surface area contributed by atoms with Crippen LogP contribution in [0.15, 0.2) is 18.3 Å². The lowest BCUT2D eigenvalue weighted by Crippen LogP contribution is -2.45. The average molecular weight is 281 g/mol. The minimum absolute atomic E-state index is 0.265. The van der Waals surface area contributed by atoms with Gasteiger partial charge in [-0.1, -0.05) is 19.4 Å². The number of methoxy groups -OCH3 is 1. The maximum atomic E-state index is 11.6. The summed E-state index contributed by atoms with van der Waals surface area (Å²) in [5.41, 5.74) is 0.795. The molecule has 1 aromatic rings. The van der Waals surface area contributed by atoms with Crippen LogP contribution in [-0.2, 0) is 11.3 Å². The number of amides is 2. The molecule has 20 heavy (non-hydrogen) atoms. The molecule has 1 atom stereocenters. The van der Waals surface area contributed by atoms with E-state index in [1.54, 1.807) is 18.3 Å². The van der Waals surface area contributed by atoms with Gasteiger partial charge in [0.25, 0.3) is 0 Å². The number of carbonyl (C=O) groups is 2. The van der Waals surface area contributed by atoms with E-state index >= 15 is 0 Å². The molecule has 3 N–H and O–H groups in total. The van der Waals surface area contributed by atoms with Crippen molar-refractivity contribution in [3.8, 4) is 5.88 Å².